The number of aromatic nitrogens is 1. The summed E-state index contributed by atoms with van der Waals surface area (Å²) in [5.41, 5.74) is 3.59. The largest absolute Gasteiger partial charge is 0.363 e. The zero-order valence-electron chi connectivity index (χ0n) is 11.9. The molecule has 0 atom stereocenters. The summed E-state index contributed by atoms with van der Waals surface area (Å²) in [5.74, 6) is 0. The van der Waals surface area contributed by atoms with Crippen LogP contribution in [0.2, 0.25) is 5.02 Å². The fraction of sp³-hybridized carbons (Fsp3) is 0.235. The highest BCUT2D eigenvalue weighted by Gasteiger charge is 2.09. The summed E-state index contributed by atoms with van der Waals surface area (Å²) in [6, 6.07) is 10.1. The van der Waals surface area contributed by atoms with Crippen molar-refractivity contribution in [1.29, 1.82) is 0 Å². The number of hydrogen-bond donors (Lipinski definition) is 0. The van der Waals surface area contributed by atoms with Gasteiger partial charge in [0.15, 0.2) is 0 Å². The van der Waals surface area contributed by atoms with Crippen LogP contribution < -0.4 is 4.90 Å². The number of pyridine rings is 1. The molecule has 0 radical (unpaired) electrons. The van der Waals surface area contributed by atoms with Crippen molar-refractivity contribution in [2.24, 2.45) is 0 Å². The van der Waals surface area contributed by atoms with Gasteiger partial charge in [-0.25, -0.2) is 0 Å². The molecule has 2 aromatic rings. The number of allylic oxidation sites excluding steroid dienone is 1. The Morgan fingerprint density at radius 3 is 2.80 bits per heavy atom. The number of aryl methyl sites for hydroxylation is 1. The van der Waals surface area contributed by atoms with Gasteiger partial charge in [0.05, 0.1) is 0 Å². The van der Waals surface area contributed by atoms with Crippen LogP contribution >= 0.6 is 11.6 Å². The van der Waals surface area contributed by atoms with Gasteiger partial charge in [-0.2, -0.15) is 0 Å². The zero-order chi connectivity index (χ0) is 14.4. The lowest BCUT2D eigenvalue weighted by Gasteiger charge is -2.25. The van der Waals surface area contributed by atoms with Crippen molar-refractivity contribution in [1.82, 2.24) is 4.98 Å². The van der Waals surface area contributed by atoms with Crippen molar-refractivity contribution in [3.8, 4) is 0 Å². The maximum atomic E-state index is 6.04. The topological polar surface area (TPSA) is 16.1 Å². The van der Waals surface area contributed by atoms with Gasteiger partial charge in [-0.1, -0.05) is 29.8 Å². The molecule has 0 saturated carbocycles. The van der Waals surface area contributed by atoms with Gasteiger partial charge in [0.25, 0.3) is 0 Å². The van der Waals surface area contributed by atoms with Crippen molar-refractivity contribution < 1.29 is 0 Å². The van der Waals surface area contributed by atoms with E-state index < -0.39 is 0 Å². The minimum atomic E-state index is 0.776. The van der Waals surface area contributed by atoms with Crippen molar-refractivity contribution in [3.63, 3.8) is 0 Å². The molecule has 20 heavy (non-hydrogen) atoms. The predicted octanol–water partition coefficient (Wildman–Crippen LogP) is 4.63. The monoisotopic (exact) mass is 286 g/mol. The number of rotatable bonds is 5. The second-order valence-electron chi connectivity index (χ2n) is 4.74. The van der Waals surface area contributed by atoms with Crippen LogP contribution in [0.1, 0.15) is 18.1 Å². The van der Waals surface area contributed by atoms with Crippen LogP contribution in [0, 0.1) is 6.92 Å². The average molecular weight is 287 g/mol. The fourth-order valence-electron chi connectivity index (χ4n) is 2.17. The van der Waals surface area contributed by atoms with E-state index in [4.69, 9.17) is 11.6 Å². The molecule has 1 heterocycles. The Bertz CT molecular complexity index is 579. The predicted molar refractivity (Wildman–Crippen MR) is 86.3 cm³/mol. The molecule has 0 spiro atoms. The molecule has 0 aliphatic heterocycles. The lowest BCUT2D eigenvalue weighted by Crippen LogP contribution is -2.23. The summed E-state index contributed by atoms with van der Waals surface area (Å²) in [5, 5.41) is 0.776. The molecule has 0 aliphatic rings. The lowest BCUT2D eigenvalue weighted by molar-refractivity contribution is 0.857. The summed E-state index contributed by atoms with van der Waals surface area (Å²) in [7, 11) is 0. The van der Waals surface area contributed by atoms with E-state index in [1.54, 1.807) is 6.20 Å². The summed E-state index contributed by atoms with van der Waals surface area (Å²) < 4.78 is 0. The molecule has 0 unspecified atom stereocenters. The molecule has 0 amide bonds. The maximum absolute atomic E-state index is 6.04. The van der Waals surface area contributed by atoms with Gasteiger partial charge >= 0.3 is 0 Å². The smallest absolute Gasteiger partial charge is 0.0448 e. The Morgan fingerprint density at radius 2 is 2.15 bits per heavy atom. The van der Waals surface area contributed by atoms with E-state index in [1.165, 1.54) is 16.8 Å². The third-order valence-corrected chi connectivity index (χ3v) is 3.39. The first kappa shape index (κ1) is 14.6. The van der Waals surface area contributed by atoms with E-state index >= 15 is 0 Å². The number of halogens is 1. The highest BCUT2D eigenvalue weighted by Crippen LogP contribution is 2.25. The van der Waals surface area contributed by atoms with E-state index in [2.05, 4.69) is 41.1 Å². The molecular weight excluding hydrogens is 268 g/mol. The Hall–Kier alpha value is -1.80. The molecule has 2 nitrogen and oxygen atoms in total. The van der Waals surface area contributed by atoms with Gasteiger partial charge in [-0.3, -0.25) is 4.98 Å². The Balaban J connectivity index is 2.27. The van der Waals surface area contributed by atoms with Crippen LogP contribution in [0.5, 0.6) is 0 Å². The first-order valence-electron chi connectivity index (χ1n) is 6.72. The number of anilines is 1. The summed E-state index contributed by atoms with van der Waals surface area (Å²) in [6.07, 6.45) is 7.94. The third-order valence-electron chi connectivity index (χ3n) is 3.16. The normalized spacial score (nSPS) is 10.9. The molecule has 2 rings (SSSR count). The molecule has 3 heteroatoms. The van der Waals surface area contributed by atoms with E-state index in [1.807, 2.05) is 31.3 Å². The standard InChI is InChI=1S/C17H19ClN2/c1-3-4-10-20(13-15-6-5-9-19-12-15)17-8-7-16(18)11-14(17)2/h3-9,11-12H,10,13H2,1-2H3. The first-order valence-corrected chi connectivity index (χ1v) is 7.09. The van der Waals surface area contributed by atoms with Crippen molar-refractivity contribution in [2.75, 3.05) is 11.4 Å². The second kappa shape index (κ2) is 7.11. The number of hydrogen-bond acceptors (Lipinski definition) is 2. The molecule has 0 aliphatic carbocycles. The van der Waals surface area contributed by atoms with Gasteiger partial charge in [-0.15, -0.1) is 0 Å². The van der Waals surface area contributed by atoms with Gasteiger partial charge in [0.1, 0.15) is 0 Å². The molecular formula is C17H19ClN2. The first-order chi connectivity index (χ1) is 9.70. The van der Waals surface area contributed by atoms with E-state index in [9.17, 15) is 0 Å². The lowest BCUT2D eigenvalue weighted by atomic mass is 10.1. The summed E-state index contributed by atoms with van der Waals surface area (Å²) in [6.45, 7) is 5.83. The Morgan fingerprint density at radius 1 is 1.30 bits per heavy atom. The summed E-state index contributed by atoms with van der Waals surface area (Å²) >= 11 is 6.04. The van der Waals surface area contributed by atoms with Crippen molar-refractivity contribution in [3.05, 3.63) is 71.0 Å². The molecule has 104 valence electrons. The third kappa shape index (κ3) is 3.84. The maximum Gasteiger partial charge on any atom is 0.0448 e. The van der Waals surface area contributed by atoms with Gasteiger partial charge in [-0.05, 0) is 49.2 Å². The molecule has 1 aromatic carbocycles. The molecule has 1 aromatic heterocycles. The fourth-order valence-corrected chi connectivity index (χ4v) is 2.39. The highest BCUT2D eigenvalue weighted by atomic mass is 35.5. The second-order valence-corrected chi connectivity index (χ2v) is 5.18. The van der Waals surface area contributed by atoms with Crippen LogP contribution in [0.15, 0.2) is 54.9 Å². The van der Waals surface area contributed by atoms with Gasteiger partial charge in [0.2, 0.25) is 0 Å². The highest BCUT2D eigenvalue weighted by molar-refractivity contribution is 6.30. The van der Waals surface area contributed by atoms with E-state index in [0.717, 1.165) is 18.1 Å². The van der Waals surface area contributed by atoms with Crippen LogP contribution in [0.3, 0.4) is 0 Å². The SMILES string of the molecule is CC=CCN(Cc1cccnc1)c1ccc(Cl)cc1C. The quantitative estimate of drug-likeness (QED) is 0.745. The Kier molecular flexibility index (Phi) is 5.19. The Labute approximate surface area is 125 Å². The van der Waals surface area contributed by atoms with Crippen molar-refractivity contribution in [2.45, 2.75) is 20.4 Å². The van der Waals surface area contributed by atoms with Crippen LogP contribution in [-0.4, -0.2) is 11.5 Å². The molecule has 0 fully saturated rings. The van der Waals surface area contributed by atoms with Gasteiger partial charge in [0, 0.05) is 36.2 Å². The minimum absolute atomic E-state index is 0.776. The van der Waals surface area contributed by atoms with E-state index in [0.29, 0.717) is 0 Å². The molecule has 0 saturated heterocycles. The van der Waals surface area contributed by atoms with Crippen LogP contribution in [0.25, 0.3) is 0 Å². The van der Waals surface area contributed by atoms with Crippen LogP contribution in [-0.2, 0) is 6.54 Å². The van der Waals surface area contributed by atoms with Crippen molar-refractivity contribution >= 4 is 17.3 Å². The van der Waals surface area contributed by atoms with Gasteiger partial charge < -0.3 is 4.90 Å². The average Bonchev–Trinajstić information content (AvgIpc) is 2.45. The van der Waals surface area contributed by atoms with Crippen LogP contribution in [0.4, 0.5) is 5.69 Å². The number of nitrogens with zero attached hydrogens (tertiary/aromatic N) is 2. The molecule has 0 N–H and O–H groups in total. The molecule has 0 bridgehead atoms. The number of benzene rings is 1. The zero-order valence-corrected chi connectivity index (χ0v) is 12.6. The van der Waals surface area contributed by atoms with E-state index in [-0.39, 0.29) is 0 Å². The minimum Gasteiger partial charge on any atom is -0.363 e. The summed E-state index contributed by atoms with van der Waals surface area (Å²) in [4.78, 5) is 6.50.